The Morgan fingerprint density at radius 3 is 1.82 bits per heavy atom. The van der Waals surface area contributed by atoms with Crippen LogP contribution >= 0.6 is 17.1 Å². The minimum Gasteiger partial charge on any atom is -0.824 e. The van der Waals surface area contributed by atoms with Gasteiger partial charge < -0.3 is 9.79 Å². The van der Waals surface area contributed by atoms with E-state index in [4.69, 9.17) is 0 Å². The Hall–Kier alpha value is 0.763. The minimum absolute atomic E-state index is 0. The van der Waals surface area contributed by atoms with Crippen LogP contribution in [0.1, 0.15) is 102 Å². The fourth-order valence-corrected chi connectivity index (χ4v) is 6.06. The predicted octanol–water partition coefficient (Wildman–Crippen LogP) is 6.53. The molecule has 0 amide bonds. The van der Waals surface area contributed by atoms with E-state index in [-0.39, 0.29) is 19.5 Å². The number of hydrogen-bond acceptors (Lipinski definition) is 4. The van der Waals surface area contributed by atoms with Crippen LogP contribution < -0.4 is 9.79 Å². The Kier molecular flexibility index (Phi) is 17.9. The number of rotatable bonds is 16. The molecule has 0 fully saturated rings. The van der Waals surface area contributed by atoms with Gasteiger partial charge in [-0.05, 0) is 42.9 Å². The number of hydrogen-bond donors (Lipinski definition) is 0. The molecule has 0 aromatic heterocycles. The number of aryl methyl sites for hydroxylation is 2. The van der Waals surface area contributed by atoms with Crippen molar-refractivity contribution in [2.75, 3.05) is 0 Å². The Morgan fingerprint density at radius 1 is 0.786 bits per heavy atom. The second kappa shape index (κ2) is 17.4. The summed E-state index contributed by atoms with van der Waals surface area (Å²) in [7, 11) is 0. The van der Waals surface area contributed by atoms with E-state index in [0.717, 1.165) is 41.1 Å². The second-order valence-corrected chi connectivity index (χ2v) is 13.2. The summed E-state index contributed by atoms with van der Waals surface area (Å²) in [5, 5.41) is 0. The molecular weight excluding hydrogens is 457 g/mol. The van der Waals surface area contributed by atoms with Crippen molar-refractivity contribution in [2.24, 2.45) is 0 Å². The molecule has 0 saturated carbocycles. The number of benzene rings is 1. The van der Waals surface area contributed by atoms with Crippen LogP contribution in [0.15, 0.2) is 23.1 Å². The predicted molar refractivity (Wildman–Crippen MR) is 121 cm³/mol. The maximum absolute atomic E-state index is 11.7. The van der Waals surface area contributed by atoms with E-state index in [1.54, 1.807) is 0 Å². The average molecular weight is 494 g/mol. The smallest absolute Gasteiger partial charge is 0.824 e. The normalized spacial score (nSPS) is 11.4. The Balaban J connectivity index is 0.00000729. The molecule has 0 aliphatic rings. The molecule has 0 bridgehead atoms. The molecule has 0 N–H and O–H groups in total. The van der Waals surface area contributed by atoms with Crippen molar-refractivity contribution < 1.29 is 29.3 Å². The van der Waals surface area contributed by atoms with Gasteiger partial charge in [0.15, 0.2) is 0 Å². The van der Waals surface area contributed by atoms with Crippen LogP contribution in [-0.4, -0.2) is 0 Å². The first kappa shape index (κ1) is 28.8. The molecule has 2 nitrogen and oxygen atoms in total. The van der Waals surface area contributed by atoms with Crippen molar-refractivity contribution in [3.05, 3.63) is 29.3 Å². The summed E-state index contributed by atoms with van der Waals surface area (Å²) in [5.41, 5.74) is -1.40. The third-order valence-corrected chi connectivity index (χ3v) is 7.69. The van der Waals surface area contributed by atoms with Crippen molar-refractivity contribution in [1.82, 2.24) is 0 Å². The monoisotopic (exact) mass is 492 g/mol. The molecule has 0 aliphatic heterocycles. The molecule has 1 aromatic rings. The fourth-order valence-electron chi connectivity index (χ4n) is 3.37. The van der Waals surface area contributed by atoms with Gasteiger partial charge in [0.1, 0.15) is 0 Å². The van der Waals surface area contributed by atoms with Crippen LogP contribution in [0.5, 0.6) is 0 Å². The summed E-state index contributed by atoms with van der Waals surface area (Å²) in [5.74, 6) is 0. The zero-order valence-corrected chi connectivity index (χ0v) is 23.4. The van der Waals surface area contributed by atoms with Crippen LogP contribution in [0.3, 0.4) is 0 Å². The van der Waals surface area contributed by atoms with Crippen LogP contribution in [0, 0.1) is 0 Å². The maximum atomic E-state index is 11.7. The summed E-state index contributed by atoms with van der Waals surface area (Å²) in [6.45, 7) is 4.46. The van der Waals surface area contributed by atoms with Gasteiger partial charge in [-0.25, -0.2) is 0 Å². The van der Waals surface area contributed by atoms with Gasteiger partial charge in [-0.2, -0.15) is 5.69 Å². The van der Waals surface area contributed by atoms with Gasteiger partial charge in [0.05, 0.1) is 0 Å². The zero-order chi connectivity index (χ0) is 20.0. The van der Waals surface area contributed by atoms with E-state index in [9.17, 15) is 9.79 Å². The van der Waals surface area contributed by atoms with Crippen molar-refractivity contribution in [3.63, 3.8) is 0 Å². The third kappa shape index (κ3) is 14.7. The van der Waals surface area contributed by atoms with Gasteiger partial charge in [0, 0.05) is 4.90 Å². The van der Waals surface area contributed by atoms with Crippen molar-refractivity contribution in [2.45, 2.75) is 109 Å². The van der Waals surface area contributed by atoms with E-state index in [1.165, 1.54) is 76.2 Å². The molecule has 0 heterocycles. The Morgan fingerprint density at radius 2 is 1.29 bits per heavy atom. The Labute approximate surface area is 195 Å². The summed E-state index contributed by atoms with van der Waals surface area (Å²) in [6.07, 6.45) is 17.1. The topological polar surface area (TPSA) is 46.1 Å². The second-order valence-electron chi connectivity index (χ2n) is 7.52. The zero-order valence-electron chi connectivity index (χ0n) is 17.9. The largest absolute Gasteiger partial charge is 2.00 e. The van der Waals surface area contributed by atoms with Gasteiger partial charge in [-0.3, -0.25) is 0 Å². The maximum Gasteiger partial charge on any atom is 2.00 e. The first-order valence-corrected chi connectivity index (χ1v) is 14.9. The van der Waals surface area contributed by atoms with Crippen molar-refractivity contribution >= 4 is 28.9 Å². The number of unbranched alkanes of at least 4 members (excludes halogenated alkanes) is 10. The van der Waals surface area contributed by atoms with E-state index in [2.05, 4.69) is 43.9 Å². The fraction of sp³-hybridized carbons (Fsp3) is 0.727. The first-order valence-electron chi connectivity index (χ1n) is 10.8. The summed E-state index contributed by atoms with van der Waals surface area (Å²) >= 11 is 5.54. The summed E-state index contributed by atoms with van der Waals surface area (Å²) in [4.78, 5) is 24.2. The van der Waals surface area contributed by atoms with Gasteiger partial charge >= 0.3 is 19.5 Å². The van der Waals surface area contributed by atoms with Crippen LogP contribution in [0.2, 0.25) is 0 Å². The van der Waals surface area contributed by atoms with Gasteiger partial charge in [-0.1, -0.05) is 90.2 Å². The summed E-state index contributed by atoms with van der Waals surface area (Å²) in [6, 6.07) is 6.38. The molecule has 6 heteroatoms. The van der Waals surface area contributed by atoms with Crippen molar-refractivity contribution in [1.29, 1.82) is 0 Å². The van der Waals surface area contributed by atoms with E-state index in [0.29, 0.717) is 0 Å². The molecule has 1 aromatic carbocycles. The summed E-state index contributed by atoms with van der Waals surface area (Å²) < 4.78 is 0. The quantitative estimate of drug-likeness (QED) is 0.149. The molecular formula is C22H37O2PS2Zn. The molecule has 0 aliphatic carbocycles. The molecule has 156 valence electrons. The van der Waals surface area contributed by atoms with Gasteiger partial charge in [0.25, 0.3) is 0 Å². The molecule has 1 rings (SSSR count). The van der Waals surface area contributed by atoms with Gasteiger partial charge in [-0.15, -0.1) is 23.2 Å². The first-order chi connectivity index (χ1) is 13.0. The minimum atomic E-state index is -3.78. The molecule has 0 spiro atoms. The van der Waals surface area contributed by atoms with Crippen molar-refractivity contribution in [3.8, 4) is 0 Å². The third-order valence-electron chi connectivity index (χ3n) is 4.96. The van der Waals surface area contributed by atoms with E-state index >= 15 is 0 Å². The average Bonchev–Trinajstić information content (AvgIpc) is 2.61. The van der Waals surface area contributed by atoms with Crippen LogP contribution in [0.4, 0.5) is 0 Å². The molecule has 0 saturated heterocycles. The van der Waals surface area contributed by atoms with E-state index in [1.807, 2.05) is 0 Å². The van der Waals surface area contributed by atoms with Gasteiger partial charge in [0.2, 0.25) is 0 Å². The SMILES string of the molecule is CCCCCCCCc1ccc(CCCCCCCC)c(SP([O-])([O-])=S)c1.[Zn+2]. The molecule has 0 atom stereocenters. The molecule has 0 unspecified atom stereocenters. The van der Waals surface area contributed by atoms with Crippen LogP contribution in [-0.2, 0) is 44.1 Å². The molecule has 28 heavy (non-hydrogen) atoms. The van der Waals surface area contributed by atoms with Crippen LogP contribution in [0.25, 0.3) is 0 Å². The standard InChI is InChI=1S/C22H39O2PS2.Zn/c1-3-5-7-9-11-13-15-20-17-18-21(16-14-12-10-8-6-4-2)22(19-20)27-25(23,24)26;/h17-19H,3-16H2,1-2H3,(H2,23,24,26);/q;+2/p-2. The Bertz CT molecular complexity index is 563. The molecule has 0 radical (unpaired) electrons. The van der Waals surface area contributed by atoms with E-state index < -0.39 is 5.69 Å².